The van der Waals surface area contributed by atoms with Gasteiger partial charge >= 0.3 is 0 Å². The fourth-order valence-electron chi connectivity index (χ4n) is 14.6. The van der Waals surface area contributed by atoms with Gasteiger partial charge in [-0.15, -0.1) is 0 Å². The molecule has 0 amide bonds. The highest BCUT2D eigenvalue weighted by Gasteiger charge is 2.42. The number of aromatic nitrogens is 11. The minimum atomic E-state index is -3.02. The van der Waals surface area contributed by atoms with Crippen LogP contribution in [-0.4, -0.2) is 60.1 Å². The van der Waals surface area contributed by atoms with Gasteiger partial charge in [-0.05, 0) is 106 Å². The number of rotatable bonds is 9. The molecule has 0 saturated carbocycles. The van der Waals surface area contributed by atoms with Crippen LogP contribution in [0.15, 0.2) is 297 Å². The van der Waals surface area contributed by atoms with Crippen molar-refractivity contribution in [2.24, 2.45) is 0 Å². The first-order valence-corrected chi connectivity index (χ1v) is 32.0. The summed E-state index contributed by atoms with van der Waals surface area (Å²) >= 11 is 0. The lowest BCUT2D eigenvalue weighted by molar-refractivity contribution is 0.877. The van der Waals surface area contributed by atoms with Gasteiger partial charge in [-0.2, -0.15) is 15.0 Å². The monoisotopic (exact) mass is 1160 g/mol. The zero-order valence-electron chi connectivity index (χ0n) is 47.7. The molecule has 89 heavy (non-hydrogen) atoms. The van der Waals surface area contributed by atoms with Crippen molar-refractivity contribution in [3.63, 3.8) is 0 Å². The summed E-state index contributed by atoms with van der Waals surface area (Å²) in [5.41, 5.74) is 14.6. The standard InChI is InChI=1S/C77H49N11Si/c1-6-26-51(27-7-1)83-61-39-18-16-37-57(61)59-45-47-67-69(71(59)83)78-76-85(67)63-41-20-22-43-65(63)87(76)74-80-73(50-25-24-36-56(49-50)89(53-30-10-3-11-31-53,54-32-12-4-13-33-54)55-34-14-5-15-35-55)81-75(82-74)88-66-44-23-21-42-64(66)86-68-48-46-60-58-38-17-19-40-62(58)84(52-28-8-2-9-29-52)72(60)70(68)79-77(86)88/h1-49H. The number of hydrogen-bond acceptors (Lipinski definition) is 5. The average Bonchev–Trinajstić information content (AvgIpc) is 1.58. The molecule has 7 aromatic heterocycles. The van der Waals surface area contributed by atoms with E-state index < -0.39 is 8.07 Å². The van der Waals surface area contributed by atoms with Crippen molar-refractivity contribution in [3.05, 3.63) is 297 Å². The first-order valence-electron chi connectivity index (χ1n) is 30.0. The molecule has 11 nitrogen and oxygen atoms in total. The Bertz CT molecular complexity index is 5660. The predicted octanol–water partition coefficient (Wildman–Crippen LogP) is 14.6. The molecule has 0 atom stereocenters. The van der Waals surface area contributed by atoms with Crippen LogP contribution in [0.2, 0.25) is 0 Å². The summed E-state index contributed by atoms with van der Waals surface area (Å²) < 4.78 is 13.5. The van der Waals surface area contributed by atoms with E-state index in [-0.39, 0.29) is 0 Å². The van der Waals surface area contributed by atoms with Gasteiger partial charge in [0, 0.05) is 38.5 Å². The van der Waals surface area contributed by atoms with E-state index in [2.05, 4.69) is 324 Å². The van der Waals surface area contributed by atoms with Crippen LogP contribution in [-0.2, 0) is 0 Å². The van der Waals surface area contributed by atoms with Crippen molar-refractivity contribution in [3.8, 4) is 34.7 Å². The third-order valence-corrected chi connectivity index (χ3v) is 23.0. The van der Waals surface area contributed by atoms with Gasteiger partial charge < -0.3 is 9.13 Å². The summed E-state index contributed by atoms with van der Waals surface area (Å²) in [6.07, 6.45) is 0. The highest BCUT2D eigenvalue weighted by atomic mass is 28.3. The number of para-hydroxylation sites is 8. The minimum absolute atomic E-state index is 0.410. The number of imidazole rings is 4. The highest BCUT2D eigenvalue weighted by Crippen LogP contribution is 2.41. The SMILES string of the molecule is c1ccc(-n2c3ccccc3c3ccc4c(nc5n(-c6nc(-c7cccc([Si](c8ccccc8)(c8ccccc8)c8ccccc8)c7)nc(-n7c8ccccc8n8c9ccc%10c%11ccccc%11n(-c%11ccccc%11)c%10c9nc78)n6)c6ccccc6n45)c32)cc1. The maximum atomic E-state index is 5.77. The molecule has 0 spiro atoms. The second-order valence-electron chi connectivity index (χ2n) is 22.9. The summed E-state index contributed by atoms with van der Waals surface area (Å²) in [5, 5.41) is 9.57. The van der Waals surface area contributed by atoms with Crippen LogP contribution in [0.5, 0.6) is 0 Å². The zero-order chi connectivity index (χ0) is 58.3. The van der Waals surface area contributed by atoms with Gasteiger partial charge in [-0.25, -0.2) is 19.1 Å². The number of hydrogen-bond donors (Lipinski definition) is 0. The van der Waals surface area contributed by atoms with Crippen LogP contribution in [0.4, 0.5) is 0 Å². The summed E-state index contributed by atoms with van der Waals surface area (Å²) in [4.78, 5) is 28.7. The molecular weight excluding hydrogens is 1110 g/mol. The molecule has 0 saturated heterocycles. The molecule has 0 aliphatic carbocycles. The predicted molar refractivity (Wildman–Crippen MR) is 364 cm³/mol. The van der Waals surface area contributed by atoms with E-state index >= 15 is 0 Å². The quantitative estimate of drug-likeness (QED) is 0.106. The van der Waals surface area contributed by atoms with Crippen molar-refractivity contribution >= 4 is 128 Å². The zero-order valence-corrected chi connectivity index (χ0v) is 48.7. The van der Waals surface area contributed by atoms with Crippen molar-refractivity contribution in [2.45, 2.75) is 0 Å². The van der Waals surface area contributed by atoms with Crippen molar-refractivity contribution in [1.82, 2.24) is 52.0 Å². The van der Waals surface area contributed by atoms with E-state index in [4.69, 9.17) is 24.9 Å². The Hall–Kier alpha value is -12.0. The fourth-order valence-corrected chi connectivity index (χ4v) is 19.4. The Balaban J connectivity index is 0.929. The van der Waals surface area contributed by atoms with Gasteiger partial charge in [0.2, 0.25) is 23.5 Å². The van der Waals surface area contributed by atoms with Crippen LogP contribution in [0, 0.1) is 0 Å². The molecular formula is C77H49N11Si. The molecule has 7 heterocycles. The second kappa shape index (κ2) is 19.0. The summed E-state index contributed by atoms with van der Waals surface area (Å²) in [6, 6.07) is 106. The fraction of sp³-hybridized carbons (Fsp3) is 0. The van der Waals surface area contributed by atoms with Gasteiger partial charge in [-0.1, -0.05) is 212 Å². The molecule has 0 aliphatic rings. The Morgan fingerprint density at radius 3 is 1.06 bits per heavy atom. The summed E-state index contributed by atoms with van der Waals surface area (Å²) in [6.45, 7) is 0. The number of fused-ring (bicyclic) bond motifs is 18. The lowest BCUT2D eigenvalue weighted by atomic mass is 10.1. The topological polar surface area (TPSA) is 93.0 Å². The molecule has 0 bridgehead atoms. The van der Waals surface area contributed by atoms with Gasteiger partial charge in [-0.3, -0.25) is 8.80 Å². The molecule has 0 radical (unpaired) electrons. The van der Waals surface area contributed by atoms with E-state index in [1.54, 1.807) is 0 Å². The average molecular weight is 1160 g/mol. The van der Waals surface area contributed by atoms with Crippen LogP contribution < -0.4 is 20.7 Å². The third kappa shape index (κ3) is 6.99. The van der Waals surface area contributed by atoms with E-state index in [1.807, 2.05) is 0 Å². The molecule has 19 rings (SSSR count). The number of benzene rings is 12. The largest absolute Gasteiger partial charge is 0.307 e. The molecule has 12 aromatic carbocycles. The molecule has 12 heteroatoms. The lowest BCUT2D eigenvalue weighted by Crippen LogP contribution is -2.74. The second-order valence-corrected chi connectivity index (χ2v) is 26.7. The van der Waals surface area contributed by atoms with E-state index in [0.29, 0.717) is 29.3 Å². The van der Waals surface area contributed by atoms with E-state index in [1.165, 1.54) is 20.7 Å². The summed E-state index contributed by atoms with van der Waals surface area (Å²) in [5.74, 6) is 2.66. The minimum Gasteiger partial charge on any atom is -0.307 e. The Labute approximate surface area is 509 Å². The van der Waals surface area contributed by atoms with Crippen LogP contribution in [0.1, 0.15) is 0 Å². The molecule has 0 aliphatic heterocycles. The van der Waals surface area contributed by atoms with Crippen molar-refractivity contribution in [2.75, 3.05) is 0 Å². The molecule has 0 fully saturated rings. The highest BCUT2D eigenvalue weighted by molar-refractivity contribution is 7.19. The van der Waals surface area contributed by atoms with Gasteiger partial charge in [0.05, 0.1) is 55.2 Å². The van der Waals surface area contributed by atoms with E-state index in [0.717, 1.165) is 105 Å². The summed E-state index contributed by atoms with van der Waals surface area (Å²) in [7, 11) is -3.02. The van der Waals surface area contributed by atoms with Crippen LogP contribution in [0.25, 0.3) is 134 Å². The Morgan fingerprint density at radius 1 is 0.247 bits per heavy atom. The Morgan fingerprint density at radius 2 is 0.618 bits per heavy atom. The normalized spacial score (nSPS) is 12.3. The van der Waals surface area contributed by atoms with Crippen LogP contribution in [0.3, 0.4) is 0 Å². The van der Waals surface area contributed by atoms with Gasteiger partial charge in [0.15, 0.2) is 13.9 Å². The molecule has 0 N–H and O–H groups in total. The van der Waals surface area contributed by atoms with Gasteiger partial charge in [0.1, 0.15) is 11.0 Å². The Kier molecular flexibility index (Phi) is 10.5. The maximum absolute atomic E-state index is 5.77. The van der Waals surface area contributed by atoms with Crippen molar-refractivity contribution in [1.29, 1.82) is 0 Å². The maximum Gasteiger partial charge on any atom is 0.242 e. The van der Waals surface area contributed by atoms with Crippen molar-refractivity contribution < 1.29 is 0 Å². The lowest BCUT2D eigenvalue weighted by Gasteiger charge is -2.34. The van der Waals surface area contributed by atoms with Crippen LogP contribution >= 0.6 is 0 Å². The molecule has 416 valence electrons. The first-order chi connectivity index (χ1) is 44.2. The molecule has 0 unspecified atom stereocenters. The third-order valence-electron chi connectivity index (χ3n) is 18.2. The van der Waals surface area contributed by atoms with Gasteiger partial charge in [0.25, 0.3) is 0 Å². The first kappa shape index (κ1) is 49.3. The molecule has 19 aromatic rings. The van der Waals surface area contributed by atoms with E-state index in [9.17, 15) is 0 Å². The smallest absolute Gasteiger partial charge is 0.242 e. The number of nitrogens with zero attached hydrogens (tertiary/aromatic N) is 11.